The number of thiazole rings is 1. The largest absolute Gasteiger partial charge is 0.496 e. The summed E-state index contributed by atoms with van der Waals surface area (Å²) in [4.78, 5) is 10.1. The zero-order valence-electron chi connectivity index (χ0n) is 12.5. The third-order valence-electron chi connectivity index (χ3n) is 3.25. The summed E-state index contributed by atoms with van der Waals surface area (Å²) in [6.07, 6.45) is 0.777. The predicted octanol–water partition coefficient (Wildman–Crippen LogP) is 2.41. The first-order valence-corrected chi connectivity index (χ1v) is 7.77. The Balaban J connectivity index is 1.97. The van der Waals surface area contributed by atoms with Crippen molar-refractivity contribution in [2.45, 2.75) is 13.3 Å². The molecule has 6 nitrogen and oxygen atoms in total. The second-order valence-electron chi connectivity index (χ2n) is 4.77. The lowest BCUT2D eigenvalue weighted by atomic mass is 10.2. The van der Waals surface area contributed by atoms with Gasteiger partial charge in [-0.05, 0) is 25.6 Å². The van der Waals surface area contributed by atoms with Crippen molar-refractivity contribution in [1.82, 2.24) is 20.2 Å². The van der Waals surface area contributed by atoms with Crippen LogP contribution >= 0.6 is 11.3 Å². The zero-order chi connectivity index (χ0) is 15.5. The first kappa shape index (κ1) is 14.7. The highest BCUT2D eigenvalue weighted by Gasteiger charge is 2.16. The van der Waals surface area contributed by atoms with Crippen LogP contribution in [-0.2, 0) is 6.42 Å². The number of nitrogens with two attached hydrogens (primary N) is 1. The van der Waals surface area contributed by atoms with Crippen molar-refractivity contribution in [1.29, 1.82) is 0 Å². The van der Waals surface area contributed by atoms with Crippen LogP contribution in [0.4, 0.5) is 0 Å². The molecule has 0 unspecified atom stereocenters. The summed E-state index contributed by atoms with van der Waals surface area (Å²) < 4.78 is 5.36. The molecule has 2 aromatic heterocycles. The minimum Gasteiger partial charge on any atom is -0.496 e. The number of rotatable bonds is 5. The Morgan fingerprint density at radius 1 is 1.27 bits per heavy atom. The maximum atomic E-state index is 5.59. The van der Waals surface area contributed by atoms with E-state index in [0.29, 0.717) is 12.4 Å². The second kappa shape index (κ2) is 6.25. The minimum atomic E-state index is 0.593. The van der Waals surface area contributed by atoms with Gasteiger partial charge in [0.1, 0.15) is 5.75 Å². The number of aromatic amines is 1. The summed E-state index contributed by atoms with van der Waals surface area (Å²) in [5, 5.41) is 8.32. The Hall–Kier alpha value is -2.25. The number of aromatic nitrogens is 4. The molecular weight excluding hydrogens is 298 g/mol. The molecule has 22 heavy (non-hydrogen) atoms. The number of hydrogen-bond acceptors (Lipinski definition) is 6. The van der Waals surface area contributed by atoms with Gasteiger partial charge in [-0.25, -0.2) is 9.97 Å². The number of hydrogen-bond donors (Lipinski definition) is 2. The maximum Gasteiger partial charge on any atom is 0.185 e. The van der Waals surface area contributed by atoms with Crippen molar-refractivity contribution in [2.75, 3.05) is 13.7 Å². The van der Waals surface area contributed by atoms with Crippen LogP contribution in [0, 0.1) is 6.92 Å². The smallest absolute Gasteiger partial charge is 0.185 e. The summed E-state index contributed by atoms with van der Waals surface area (Å²) in [5.41, 5.74) is 7.39. The van der Waals surface area contributed by atoms with Gasteiger partial charge in [0, 0.05) is 6.42 Å². The molecule has 0 spiro atoms. The van der Waals surface area contributed by atoms with Crippen LogP contribution in [0.3, 0.4) is 0 Å². The van der Waals surface area contributed by atoms with E-state index < -0.39 is 0 Å². The van der Waals surface area contributed by atoms with Crippen LogP contribution in [0.1, 0.15) is 10.7 Å². The van der Waals surface area contributed by atoms with Crippen LogP contribution in [0.2, 0.25) is 0 Å². The number of aryl methyl sites for hydroxylation is 1. The van der Waals surface area contributed by atoms with Crippen molar-refractivity contribution in [3.8, 4) is 27.8 Å². The molecule has 0 amide bonds. The van der Waals surface area contributed by atoms with Crippen molar-refractivity contribution >= 4 is 11.3 Å². The first-order valence-electron chi connectivity index (χ1n) is 6.95. The van der Waals surface area contributed by atoms with Crippen molar-refractivity contribution in [3.05, 3.63) is 35.0 Å². The minimum absolute atomic E-state index is 0.593. The van der Waals surface area contributed by atoms with Crippen LogP contribution in [0.25, 0.3) is 22.1 Å². The number of nitrogens with zero attached hydrogens (tertiary/aromatic N) is 3. The Kier molecular flexibility index (Phi) is 4.17. The molecule has 0 saturated heterocycles. The summed E-state index contributed by atoms with van der Waals surface area (Å²) >= 11 is 1.60. The zero-order valence-corrected chi connectivity index (χ0v) is 13.3. The van der Waals surface area contributed by atoms with Gasteiger partial charge in [0.2, 0.25) is 0 Å². The van der Waals surface area contributed by atoms with Crippen LogP contribution in [0.5, 0.6) is 5.75 Å². The van der Waals surface area contributed by atoms with E-state index in [1.54, 1.807) is 18.4 Å². The van der Waals surface area contributed by atoms with Crippen molar-refractivity contribution in [2.24, 2.45) is 5.73 Å². The molecule has 3 aromatic rings. The van der Waals surface area contributed by atoms with E-state index in [1.165, 1.54) is 0 Å². The molecule has 0 bridgehead atoms. The Bertz CT molecular complexity index is 780. The highest BCUT2D eigenvalue weighted by molar-refractivity contribution is 7.15. The van der Waals surface area contributed by atoms with E-state index in [4.69, 9.17) is 10.5 Å². The van der Waals surface area contributed by atoms with E-state index in [0.717, 1.165) is 39.1 Å². The lowest BCUT2D eigenvalue weighted by molar-refractivity contribution is 0.416. The van der Waals surface area contributed by atoms with Gasteiger partial charge in [-0.1, -0.05) is 12.1 Å². The van der Waals surface area contributed by atoms with Crippen LogP contribution < -0.4 is 10.5 Å². The number of ether oxygens (including phenoxy) is 1. The fourth-order valence-corrected chi connectivity index (χ4v) is 3.24. The summed E-state index contributed by atoms with van der Waals surface area (Å²) in [7, 11) is 1.64. The average Bonchev–Trinajstić information content (AvgIpc) is 3.14. The molecule has 0 saturated carbocycles. The van der Waals surface area contributed by atoms with Gasteiger partial charge in [-0.2, -0.15) is 5.10 Å². The highest BCUT2D eigenvalue weighted by atomic mass is 32.1. The molecule has 0 aliphatic rings. The lowest BCUT2D eigenvalue weighted by Gasteiger charge is -2.03. The summed E-state index contributed by atoms with van der Waals surface area (Å²) in [6, 6.07) is 7.68. The standard InChI is InChI=1S/C15H17N5OS/c1-9-13(22-12(17-9)7-8-16)15-18-14(19-20-15)10-5-3-4-6-11(10)21-2/h3-6H,7-8,16H2,1-2H3,(H,18,19,20). The van der Waals surface area contributed by atoms with Crippen molar-refractivity contribution < 1.29 is 4.74 Å². The highest BCUT2D eigenvalue weighted by Crippen LogP contribution is 2.31. The fraction of sp³-hybridized carbons (Fsp3) is 0.267. The number of H-pyrrole nitrogens is 1. The summed E-state index contributed by atoms with van der Waals surface area (Å²) in [5.74, 6) is 2.08. The van der Waals surface area contributed by atoms with Gasteiger partial charge in [-0.3, -0.25) is 5.10 Å². The third-order valence-corrected chi connectivity index (χ3v) is 4.47. The van der Waals surface area contributed by atoms with Gasteiger partial charge in [0.25, 0.3) is 0 Å². The van der Waals surface area contributed by atoms with Gasteiger partial charge >= 0.3 is 0 Å². The quantitative estimate of drug-likeness (QED) is 0.754. The number of methoxy groups -OCH3 is 1. The van der Waals surface area contributed by atoms with Gasteiger partial charge in [0.15, 0.2) is 11.6 Å². The number of para-hydroxylation sites is 1. The topological polar surface area (TPSA) is 89.7 Å². The molecule has 114 valence electrons. The molecule has 0 atom stereocenters. The molecule has 0 radical (unpaired) electrons. The number of nitrogens with one attached hydrogen (secondary N) is 1. The molecule has 3 N–H and O–H groups in total. The van der Waals surface area contributed by atoms with E-state index in [1.807, 2.05) is 31.2 Å². The van der Waals surface area contributed by atoms with Gasteiger partial charge < -0.3 is 10.5 Å². The van der Waals surface area contributed by atoms with E-state index in [2.05, 4.69) is 20.2 Å². The van der Waals surface area contributed by atoms with Crippen LogP contribution in [-0.4, -0.2) is 33.8 Å². The maximum absolute atomic E-state index is 5.59. The fourth-order valence-electron chi connectivity index (χ4n) is 2.22. The monoisotopic (exact) mass is 315 g/mol. The molecule has 0 fully saturated rings. The van der Waals surface area contributed by atoms with Gasteiger partial charge in [-0.15, -0.1) is 11.3 Å². The Labute approximate surface area is 132 Å². The summed E-state index contributed by atoms with van der Waals surface area (Å²) in [6.45, 7) is 2.56. The number of benzene rings is 1. The third kappa shape index (κ3) is 2.72. The molecule has 2 heterocycles. The lowest BCUT2D eigenvalue weighted by Crippen LogP contribution is -2.01. The Morgan fingerprint density at radius 3 is 2.86 bits per heavy atom. The van der Waals surface area contributed by atoms with Crippen LogP contribution in [0.15, 0.2) is 24.3 Å². The van der Waals surface area contributed by atoms with Crippen molar-refractivity contribution in [3.63, 3.8) is 0 Å². The molecule has 7 heteroatoms. The Morgan fingerprint density at radius 2 is 2.09 bits per heavy atom. The normalized spacial score (nSPS) is 10.9. The molecule has 0 aliphatic heterocycles. The molecule has 3 rings (SSSR count). The van der Waals surface area contributed by atoms with E-state index in [9.17, 15) is 0 Å². The molecule has 1 aromatic carbocycles. The second-order valence-corrected chi connectivity index (χ2v) is 5.85. The average molecular weight is 315 g/mol. The SMILES string of the molecule is COc1ccccc1-c1n[nH]c(-c2sc(CCN)nc2C)n1. The first-order chi connectivity index (χ1) is 10.7. The van der Waals surface area contributed by atoms with E-state index >= 15 is 0 Å². The molecule has 0 aliphatic carbocycles. The van der Waals surface area contributed by atoms with Gasteiger partial charge in [0.05, 0.1) is 28.3 Å². The molecular formula is C15H17N5OS. The predicted molar refractivity (Wildman–Crippen MR) is 87.0 cm³/mol. The van der Waals surface area contributed by atoms with E-state index in [-0.39, 0.29) is 0 Å².